The highest BCUT2D eigenvalue weighted by molar-refractivity contribution is 6.01. The summed E-state index contributed by atoms with van der Waals surface area (Å²) in [6, 6.07) is 33.1. The van der Waals surface area contributed by atoms with E-state index in [9.17, 15) is 0 Å². The molecule has 30 heavy (non-hydrogen) atoms. The van der Waals surface area contributed by atoms with Crippen LogP contribution in [-0.4, -0.2) is 0 Å². The number of fused-ring (bicyclic) bond motifs is 3. The highest BCUT2D eigenvalue weighted by Gasteiger charge is 2.28. The van der Waals surface area contributed by atoms with Crippen molar-refractivity contribution in [1.29, 1.82) is 0 Å². The molecule has 0 N–H and O–H groups in total. The van der Waals surface area contributed by atoms with Gasteiger partial charge in [0.1, 0.15) is 0 Å². The van der Waals surface area contributed by atoms with Crippen LogP contribution in [-0.2, 0) is 6.42 Å². The van der Waals surface area contributed by atoms with E-state index in [-0.39, 0.29) is 0 Å². The van der Waals surface area contributed by atoms with Crippen molar-refractivity contribution < 1.29 is 0 Å². The van der Waals surface area contributed by atoms with Gasteiger partial charge >= 0.3 is 0 Å². The maximum atomic E-state index is 2.45. The fraction of sp³-hybridized carbons (Fsp3) is 0.0667. The lowest BCUT2D eigenvalue weighted by molar-refractivity contribution is 1.24. The Morgan fingerprint density at radius 2 is 1.27 bits per heavy atom. The van der Waals surface area contributed by atoms with Gasteiger partial charge in [0.15, 0.2) is 0 Å². The molecule has 0 spiro atoms. The molecule has 2 aliphatic carbocycles. The summed E-state index contributed by atoms with van der Waals surface area (Å²) in [6.07, 6.45) is 8.76. The Bertz CT molecular complexity index is 1310. The molecule has 0 amide bonds. The van der Waals surface area contributed by atoms with Crippen LogP contribution in [0.25, 0.3) is 39.0 Å². The van der Waals surface area contributed by atoms with E-state index in [1.54, 1.807) is 0 Å². The molecule has 0 heteroatoms. The molecule has 6 rings (SSSR count). The normalized spacial score (nSPS) is 13.8. The van der Waals surface area contributed by atoms with Crippen LogP contribution >= 0.6 is 0 Å². The minimum absolute atomic E-state index is 1.01. The monoisotopic (exact) mass is 382 g/mol. The average molecular weight is 383 g/mol. The fourth-order valence-corrected chi connectivity index (χ4v) is 5.00. The van der Waals surface area contributed by atoms with Crippen molar-refractivity contribution in [2.24, 2.45) is 0 Å². The molecule has 0 nitrogen and oxygen atoms in total. The molecule has 0 fully saturated rings. The molecule has 0 heterocycles. The van der Waals surface area contributed by atoms with Crippen LogP contribution in [0.5, 0.6) is 0 Å². The molecule has 0 bridgehead atoms. The van der Waals surface area contributed by atoms with Crippen molar-refractivity contribution in [3.05, 3.63) is 126 Å². The molecule has 142 valence electrons. The van der Waals surface area contributed by atoms with Gasteiger partial charge in [-0.1, -0.05) is 103 Å². The molecule has 4 aromatic carbocycles. The Kier molecular flexibility index (Phi) is 4.02. The lowest BCUT2D eigenvalue weighted by Crippen LogP contribution is -1.97. The number of hydrogen-bond donors (Lipinski definition) is 0. The third kappa shape index (κ3) is 2.69. The van der Waals surface area contributed by atoms with Crippen molar-refractivity contribution >= 4 is 5.57 Å². The zero-order valence-electron chi connectivity index (χ0n) is 16.8. The van der Waals surface area contributed by atoms with Crippen LogP contribution < -0.4 is 0 Å². The van der Waals surface area contributed by atoms with Gasteiger partial charge in [-0.2, -0.15) is 0 Å². The molecular weight excluding hydrogens is 360 g/mol. The molecule has 0 unspecified atom stereocenters. The topological polar surface area (TPSA) is 0 Å². The van der Waals surface area contributed by atoms with Crippen LogP contribution in [0.2, 0.25) is 0 Å². The highest BCUT2D eigenvalue weighted by atomic mass is 14.3. The van der Waals surface area contributed by atoms with E-state index in [0.29, 0.717) is 0 Å². The van der Waals surface area contributed by atoms with E-state index in [1.165, 1.54) is 55.6 Å². The van der Waals surface area contributed by atoms with Crippen LogP contribution in [0.15, 0.2) is 109 Å². The van der Waals surface area contributed by atoms with Gasteiger partial charge in [0, 0.05) is 0 Å². The fourth-order valence-electron chi connectivity index (χ4n) is 5.00. The first-order valence-electron chi connectivity index (χ1n) is 10.7. The molecule has 0 saturated carbocycles. The van der Waals surface area contributed by atoms with Gasteiger partial charge in [-0.15, -0.1) is 0 Å². The third-order valence-corrected chi connectivity index (χ3v) is 6.35. The zero-order chi connectivity index (χ0) is 19.9. The second-order valence-corrected chi connectivity index (χ2v) is 8.09. The van der Waals surface area contributed by atoms with Crippen molar-refractivity contribution in [3.63, 3.8) is 0 Å². The van der Waals surface area contributed by atoms with Gasteiger partial charge in [-0.3, -0.25) is 0 Å². The Hall–Kier alpha value is -3.64. The second kappa shape index (κ2) is 7.00. The van der Waals surface area contributed by atoms with Crippen LogP contribution in [0, 0.1) is 0 Å². The van der Waals surface area contributed by atoms with Gasteiger partial charge in [-0.25, -0.2) is 0 Å². The molecule has 0 saturated heterocycles. The Morgan fingerprint density at radius 3 is 2.00 bits per heavy atom. The SMILES string of the molecule is C1=CCC(c2cc(-c3ccccc3)c(-c3ccccc3)c3c2Cc2ccccc2-3)=C1. The van der Waals surface area contributed by atoms with E-state index in [4.69, 9.17) is 0 Å². The Balaban J connectivity index is 1.75. The predicted octanol–water partition coefficient (Wildman–Crippen LogP) is 7.94. The Labute approximate surface area is 177 Å². The smallest absolute Gasteiger partial charge is 0.000717 e. The average Bonchev–Trinajstić information content (AvgIpc) is 3.48. The summed E-state index contributed by atoms with van der Waals surface area (Å²) >= 11 is 0. The van der Waals surface area contributed by atoms with Crippen molar-refractivity contribution in [2.75, 3.05) is 0 Å². The summed E-state index contributed by atoms with van der Waals surface area (Å²) in [7, 11) is 0. The van der Waals surface area contributed by atoms with E-state index in [1.807, 2.05) is 0 Å². The zero-order valence-corrected chi connectivity index (χ0v) is 16.8. The summed E-state index contributed by atoms with van der Waals surface area (Å²) in [5, 5.41) is 0. The van der Waals surface area contributed by atoms with E-state index >= 15 is 0 Å². The first-order valence-corrected chi connectivity index (χ1v) is 10.7. The lowest BCUT2D eigenvalue weighted by atomic mass is 9.83. The number of benzene rings is 4. The van der Waals surface area contributed by atoms with Crippen LogP contribution in [0.1, 0.15) is 23.1 Å². The van der Waals surface area contributed by atoms with E-state index in [2.05, 4.69) is 109 Å². The predicted molar refractivity (Wildman–Crippen MR) is 127 cm³/mol. The number of rotatable bonds is 3. The number of allylic oxidation sites excluding steroid dienone is 4. The lowest BCUT2D eigenvalue weighted by Gasteiger charge is -2.20. The first kappa shape index (κ1) is 17.2. The van der Waals surface area contributed by atoms with Crippen LogP contribution in [0.4, 0.5) is 0 Å². The highest BCUT2D eigenvalue weighted by Crippen LogP contribution is 2.50. The third-order valence-electron chi connectivity index (χ3n) is 6.35. The van der Waals surface area contributed by atoms with Crippen molar-refractivity contribution in [2.45, 2.75) is 12.8 Å². The molecule has 0 aromatic heterocycles. The molecular formula is C30H22. The quantitative estimate of drug-likeness (QED) is 0.297. The summed E-state index contributed by atoms with van der Waals surface area (Å²) in [4.78, 5) is 0. The van der Waals surface area contributed by atoms with Crippen LogP contribution in [0.3, 0.4) is 0 Å². The molecule has 0 aliphatic heterocycles. The number of hydrogen-bond acceptors (Lipinski definition) is 0. The molecule has 0 radical (unpaired) electrons. The standard InChI is InChI=1S/C30H22/c1-3-11-22(12-4-1)27-20-26(21-13-7-8-14-21)28-19-24-17-9-10-18-25(24)30(28)29(27)23-15-5-2-6-16-23/h1-13,15-18,20H,14,19H2. The van der Waals surface area contributed by atoms with Crippen molar-refractivity contribution in [1.82, 2.24) is 0 Å². The van der Waals surface area contributed by atoms with Gasteiger partial charge < -0.3 is 0 Å². The second-order valence-electron chi connectivity index (χ2n) is 8.09. The van der Waals surface area contributed by atoms with Gasteiger partial charge in [-0.05, 0) is 74.6 Å². The Morgan fingerprint density at radius 1 is 0.567 bits per heavy atom. The summed E-state index contributed by atoms with van der Waals surface area (Å²) < 4.78 is 0. The van der Waals surface area contributed by atoms with Gasteiger partial charge in [0.05, 0.1) is 0 Å². The molecule has 2 aliphatic rings. The van der Waals surface area contributed by atoms with E-state index < -0.39 is 0 Å². The summed E-state index contributed by atoms with van der Waals surface area (Å²) in [5.74, 6) is 0. The van der Waals surface area contributed by atoms with Gasteiger partial charge in [0.25, 0.3) is 0 Å². The molecule has 0 atom stereocenters. The minimum Gasteiger partial charge on any atom is -0.0801 e. The molecule has 4 aromatic rings. The maximum Gasteiger partial charge on any atom is -0.000717 e. The maximum absolute atomic E-state index is 2.45. The minimum atomic E-state index is 1.01. The summed E-state index contributed by atoms with van der Waals surface area (Å²) in [5.41, 5.74) is 13.8. The first-order chi connectivity index (χ1) is 14.9. The largest absolute Gasteiger partial charge is 0.0801 e. The van der Waals surface area contributed by atoms with Crippen molar-refractivity contribution in [3.8, 4) is 33.4 Å². The van der Waals surface area contributed by atoms with Gasteiger partial charge in [0.2, 0.25) is 0 Å². The van der Waals surface area contributed by atoms with E-state index in [0.717, 1.165) is 12.8 Å². The summed E-state index contributed by atoms with van der Waals surface area (Å²) in [6.45, 7) is 0.